The van der Waals surface area contributed by atoms with Crippen LogP contribution in [-0.4, -0.2) is 38.1 Å². The number of nitrogens with zero attached hydrogens (tertiary/aromatic N) is 6. The van der Waals surface area contributed by atoms with Gasteiger partial charge in [0, 0.05) is 43.5 Å². The van der Waals surface area contributed by atoms with Crippen molar-refractivity contribution < 1.29 is 17.6 Å². The number of alkyl halides is 3. The molecular formula is C27H23F4N7O. The Hall–Kier alpha value is -4.48. The predicted octanol–water partition coefficient (Wildman–Crippen LogP) is 5.06. The lowest BCUT2D eigenvalue weighted by Gasteiger charge is -2.17. The molecule has 1 atom stereocenters. The number of anilines is 1. The predicted molar refractivity (Wildman–Crippen MR) is 141 cm³/mol. The molecule has 8 nitrogen and oxygen atoms in total. The lowest BCUT2D eigenvalue weighted by molar-refractivity contribution is -0.140. The number of rotatable bonds is 5. The maximum absolute atomic E-state index is 14.5. The highest BCUT2D eigenvalue weighted by molar-refractivity contribution is 5.91. The van der Waals surface area contributed by atoms with Crippen molar-refractivity contribution in [2.75, 3.05) is 11.9 Å². The van der Waals surface area contributed by atoms with Crippen LogP contribution in [-0.2, 0) is 19.8 Å². The maximum Gasteiger partial charge on any atom is 0.435 e. The highest BCUT2D eigenvalue weighted by atomic mass is 19.4. The van der Waals surface area contributed by atoms with Gasteiger partial charge in [-0.05, 0) is 55.1 Å². The van der Waals surface area contributed by atoms with Crippen LogP contribution in [0.1, 0.15) is 35.6 Å². The van der Waals surface area contributed by atoms with E-state index in [2.05, 4.69) is 30.3 Å². The van der Waals surface area contributed by atoms with Crippen LogP contribution in [0.5, 0.6) is 0 Å². The molecule has 1 unspecified atom stereocenters. The molecule has 0 bridgehead atoms. The number of benzene rings is 1. The first-order valence-corrected chi connectivity index (χ1v) is 12.0. The van der Waals surface area contributed by atoms with Crippen LogP contribution < -0.4 is 10.9 Å². The summed E-state index contributed by atoms with van der Waals surface area (Å²) in [6.45, 7) is 3.58. The van der Waals surface area contributed by atoms with Gasteiger partial charge in [-0.3, -0.25) is 9.79 Å². The number of aryl methyl sites for hydroxylation is 1. The Kier molecular flexibility index (Phi) is 6.71. The highest BCUT2D eigenvalue weighted by Crippen LogP contribution is 2.34. The van der Waals surface area contributed by atoms with Crippen molar-refractivity contribution in [3.8, 4) is 11.3 Å². The largest absolute Gasteiger partial charge is 0.435 e. The minimum Gasteiger partial charge on any atom is -0.379 e. The van der Waals surface area contributed by atoms with E-state index in [-0.39, 0.29) is 29.2 Å². The van der Waals surface area contributed by atoms with E-state index in [9.17, 15) is 22.4 Å². The Morgan fingerprint density at radius 1 is 1.08 bits per heavy atom. The van der Waals surface area contributed by atoms with Crippen molar-refractivity contribution in [2.24, 2.45) is 17.0 Å². The third-order valence-corrected chi connectivity index (χ3v) is 6.44. The minimum atomic E-state index is -4.68. The van der Waals surface area contributed by atoms with Gasteiger partial charge in [0.05, 0.1) is 29.2 Å². The fraction of sp³-hybridized carbons (Fsp3) is 0.259. The van der Waals surface area contributed by atoms with Crippen molar-refractivity contribution in [2.45, 2.75) is 32.5 Å². The van der Waals surface area contributed by atoms with Gasteiger partial charge < -0.3 is 9.88 Å². The van der Waals surface area contributed by atoms with E-state index in [1.54, 1.807) is 38.6 Å². The SMILES string of the molecule is CC1=NCC(c2ncc(-c3cc4c(CNc5ccc(C)nc5C(F)(F)F)cc(F)cc4c(=O)n3C)cn2)C=N1. The first kappa shape index (κ1) is 26.1. The molecule has 1 aliphatic heterocycles. The van der Waals surface area contributed by atoms with Gasteiger partial charge in [0.25, 0.3) is 5.56 Å². The number of amidine groups is 1. The molecule has 4 aromatic rings. The van der Waals surface area contributed by atoms with Crippen LogP contribution in [0.4, 0.5) is 23.2 Å². The van der Waals surface area contributed by atoms with E-state index in [0.29, 0.717) is 40.4 Å². The van der Waals surface area contributed by atoms with Crippen molar-refractivity contribution in [3.63, 3.8) is 0 Å². The van der Waals surface area contributed by atoms with E-state index in [4.69, 9.17) is 0 Å². The van der Waals surface area contributed by atoms with Crippen molar-refractivity contribution in [3.05, 3.63) is 81.7 Å². The zero-order chi connectivity index (χ0) is 27.9. The monoisotopic (exact) mass is 537 g/mol. The molecule has 3 aromatic heterocycles. The van der Waals surface area contributed by atoms with Crippen LogP contribution >= 0.6 is 0 Å². The molecule has 0 spiro atoms. The van der Waals surface area contributed by atoms with E-state index < -0.39 is 23.2 Å². The molecule has 0 saturated carbocycles. The molecule has 1 aliphatic rings. The minimum absolute atomic E-state index is 0.0975. The first-order valence-electron chi connectivity index (χ1n) is 12.0. The van der Waals surface area contributed by atoms with Crippen molar-refractivity contribution in [1.29, 1.82) is 0 Å². The summed E-state index contributed by atoms with van der Waals surface area (Å²) in [5, 5.41) is 3.21. The molecule has 4 heterocycles. The zero-order valence-corrected chi connectivity index (χ0v) is 21.2. The van der Waals surface area contributed by atoms with Crippen LogP contribution in [0.15, 0.2) is 57.5 Å². The number of pyridine rings is 2. The first-order chi connectivity index (χ1) is 18.5. The molecule has 0 radical (unpaired) electrons. The van der Waals surface area contributed by atoms with Gasteiger partial charge in [-0.25, -0.2) is 24.3 Å². The summed E-state index contributed by atoms with van der Waals surface area (Å²) >= 11 is 0. The lowest BCUT2D eigenvalue weighted by Crippen LogP contribution is -2.20. The number of halogens is 4. The molecule has 0 aliphatic carbocycles. The summed E-state index contributed by atoms with van der Waals surface area (Å²) in [5.74, 6) is 0.372. The maximum atomic E-state index is 14.5. The molecule has 0 amide bonds. The molecule has 0 fully saturated rings. The zero-order valence-electron chi connectivity index (χ0n) is 21.2. The van der Waals surface area contributed by atoms with Gasteiger partial charge in [-0.2, -0.15) is 13.2 Å². The summed E-state index contributed by atoms with van der Waals surface area (Å²) in [6.07, 6.45) is 0.223. The van der Waals surface area contributed by atoms with Gasteiger partial charge >= 0.3 is 6.18 Å². The van der Waals surface area contributed by atoms with Gasteiger partial charge in [0.2, 0.25) is 0 Å². The summed E-state index contributed by atoms with van der Waals surface area (Å²) in [4.78, 5) is 34.2. The summed E-state index contributed by atoms with van der Waals surface area (Å²) in [7, 11) is 1.55. The molecule has 5 rings (SSSR count). The van der Waals surface area contributed by atoms with E-state index >= 15 is 0 Å². The van der Waals surface area contributed by atoms with Crippen LogP contribution in [0, 0.1) is 12.7 Å². The van der Waals surface area contributed by atoms with Gasteiger partial charge in [0.1, 0.15) is 17.5 Å². The Morgan fingerprint density at radius 2 is 1.82 bits per heavy atom. The Morgan fingerprint density at radius 3 is 2.49 bits per heavy atom. The fourth-order valence-corrected chi connectivity index (χ4v) is 4.40. The van der Waals surface area contributed by atoms with Gasteiger partial charge in [-0.1, -0.05) is 0 Å². The number of aromatic nitrogens is 4. The molecular weight excluding hydrogens is 514 g/mol. The number of aliphatic imine (C=N–C) groups is 2. The highest BCUT2D eigenvalue weighted by Gasteiger charge is 2.35. The second-order valence-electron chi connectivity index (χ2n) is 9.22. The average Bonchev–Trinajstić information content (AvgIpc) is 2.90. The van der Waals surface area contributed by atoms with Crippen LogP contribution in [0.2, 0.25) is 0 Å². The van der Waals surface area contributed by atoms with Crippen LogP contribution in [0.25, 0.3) is 22.0 Å². The van der Waals surface area contributed by atoms with Crippen LogP contribution in [0.3, 0.4) is 0 Å². The average molecular weight is 538 g/mol. The van der Waals surface area contributed by atoms with Crippen molar-refractivity contribution in [1.82, 2.24) is 19.5 Å². The molecule has 1 aromatic carbocycles. The van der Waals surface area contributed by atoms with E-state index in [1.165, 1.54) is 29.7 Å². The molecule has 200 valence electrons. The molecule has 39 heavy (non-hydrogen) atoms. The Labute approximate surface area is 220 Å². The van der Waals surface area contributed by atoms with Gasteiger partial charge in [0.15, 0.2) is 5.69 Å². The molecule has 12 heteroatoms. The standard InChI is InChI=1S/C27H23F4N7O/c1-14-4-5-22(24(37-14)27(29,30)31)34-9-16-6-19(28)7-21-20(16)8-23(38(3)26(21)39)17-10-35-25(36-11-17)18-12-32-15(2)33-13-18/h4-8,10-12,18,34H,9,13H2,1-3H3. The second-order valence-corrected chi connectivity index (χ2v) is 9.22. The third-order valence-electron chi connectivity index (χ3n) is 6.44. The molecule has 1 N–H and O–H groups in total. The number of fused-ring (bicyclic) bond motifs is 1. The quantitative estimate of drug-likeness (QED) is 0.359. The van der Waals surface area contributed by atoms with E-state index in [1.807, 2.05) is 0 Å². The number of nitrogens with one attached hydrogen (secondary N) is 1. The topological polar surface area (TPSA) is 97.4 Å². The summed E-state index contributed by atoms with van der Waals surface area (Å²) in [6, 6.07) is 6.71. The normalized spacial score (nSPS) is 15.5. The summed E-state index contributed by atoms with van der Waals surface area (Å²) < 4.78 is 56.5. The second kappa shape index (κ2) is 10.0. The fourth-order valence-electron chi connectivity index (χ4n) is 4.40. The van der Waals surface area contributed by atoms with Gasteiger partial charge in [-0.15, -0.1) is 0 Å². The summed E-state index contributed by atoms with van der Waals surface area (Å²) in [5.41, 5.74) is -0.259. The third kappa shape index (κ3) is 5.27. The number of hydrogen-bond acceptors (Lipinski definition) is 7. The smallest absolute Gasteiger partial charge is 0.379 e. The Balaban J connectivity index is 1.52. The Bertz CT molecular complexity index is 1690. The molecule has 0 saturated heterocycles. The van der Waals surface area contributed by atoms with E-state index in [0.717, 1.165) is 6.07 Å². The van der Waals surface area contributed by atoms with Crippen molar-refractivity contribution >= 4 is 28.5 Å². The lowest BCUT2D eigenvalue weighted by atomic mass is 10.0. The number of hydrogen-bond donors (Lipinski definition) is 1.